The number of nitrogens with one attached hydrogen (secondary N) is 2. The number of nitrogens with zero attached hydrogens (tertiary/aromatic N) is 1. The summed E-state index contributed by atoms with van der Waals surface area (Å²) in [7, 11) is 0. The molecule has 4 nitrogen and oxygen atoms in total. The summed E-state index contributed by atoms with van der Waals surface area (Å²) in [5, 5.41) is 8.15. The Kier molecular flexibility index (Phi) is 3.06. The molecule has 22 heavy (non-hydrogen) atoms. The predicted molar refractivity (Wildman–Crippen MR) is 92.9 cm³/mol. The van der Waals surface area contributed by atoms with E-state index in [4.69, 9.17) is 0 Å². The molecule has 1 spiro atoms. The number of carbonyl (C=O) groups excluding carboxylic acids is 1. The van der Waals surface area contributed by atoms with Crippen molar-refractivity contribution in [2.75, 3.05) is 5.32 Å². The average Bonchev–Trinajstić information content (AvgIpc) is 3.06. The third-order valence-corrected chi connectivity index (χ3v) is 5.61. The Morgan fingerprint density at radius 1 is 1.18 bits per heavy atom. The van der Waals surface area contributed by atoms with Crippen LogP contribution >= 0.6 is 27.7 Å². The number of amides is 1. The van der Waals surface area contributed by atoms with Crippen molar-refractivity contribution in [2.45, 2.75) is 11.8 Å². The minimum atomic E-state index is -0.876. The Labute approximate surface area is 140 Å². The second kappa shape index (κ2) is 4.86. The first-order valence-electron chi connectivity index (χ1n) is 6.81. The quantitative estimate of drug-likeness (QED) is 0.803. The van der Waals surface area contributed by atoms with Gasteiger partial charge in [0.1, 0.15) is 5.04 Å². The zero-order valence-corrected chi connectivity index (χ0v) is 14.1. The first-order chi connectivity index (χ1) is 10.6. The summed E-state index contributed by atoms with van der Waals surface area (Å²) in [6, 6.07) is 13.9. The van der Waals surface area contributed by atoms with Crippen LogP contribution in [0.1, 0.15) is 16.7 Å². The van der Waals surface area contributed by atoms with Gasteiger partial charge in [0.2, 0.25) is 4.87 Å². The van der Waals surface area contributed by atoms with Gasteiger partial charge in [0, 0.05) is 21.3 Å². The molecule has 2 aromatic carbocycles. The topological polar surface area (TPSA) is 53.5 Å². The zero-order chi connectivity index (χ0) is 15.3. The van der Waals surface area contributed by atoms with Crippen molar-refractivity contribution >= 4 is 44.3 Å². The molecule has 0 bridgehead atoms. The number of hydrogen-bond acceptors (Lipinski definition) is 4. The maximum atomic E-state index is 12.5. The van der Waals surface area contributed by atoms with Crippen molar-refractivity contribution in [3.63, 3.8) is 0 Å². The molecule has 6 heteroatoms. The van der Waals surface area contributed by atoms with Gasteiger partial charge < -0.3 is 5.32 Å². The van der Waals surface area contributed by atoms with E-state index in [0.717, 1.165) is 26.3 Å². The second-order valence-electron chi connectivity index (χ2n) is 5.32. The molecule has 0 saturated heterocycles. The van der Waals surface area contributed by atoms with Crippen LogP contribution in [-0.4, -0.2) is 11.0 Å². The number of aryl methyl sites for hydroxylation is 1. The molecule has 1 amide bonds. The molecule has 0 unspecified atom stereocenters. The SMILES string of the molecule is Cc1ccc(C2=NN[C@]3(S2)C(=O)Nc2ccc(Br)cc23)cc1. The first-order valence-corrected chi connectivity index (χ1v) is 8.42. The van der Waals surface area contributed by atoms with Gasteiger partial charge in [0.15, 0.2) is 0 Å². The van der Waals surface area contributed by atoms with Gasteiger partial charge in [-0.25, -0.2) is 0 Å². The van der Waals surface area contributed by atoms with E-state index in [1.165, 1.54) is 17.3 Å². The van der Waals surface area contributed by atoms with Crippen LogP contribution in [0, 0.1) is 6.92 Å². The third kappa shape index (κ3) is 1.98. The van der Waals surface area contributed by atoms with Crippen molar-refractivity contribution in [3.05, 3.63) is 63.6 Å². The molecule has 0 aliphatic carbocycles. The molecule has 110 valence electrons. The lowest BCUT2D eigenvalue weighted by molar-refractivity contribution is -0.118. The van der Waals surface area contributed by atoms with Crippen LogP contribution in [0.2, 0.25) is 0 Å². The number of hydrogen-bond donors (Lipinski definition) is 2. The highest BCUT2D eigenvalue weighted by Crippen LogP contribution is 2.48. The normalized spacial score (nSPS) is 22.3. The smallest absolute Gasteiger partial charge is 0.267 e. The number of carbonyl (C=O) groups is 1. The monoisotopic (exact) mass is 373 g/mol. The van der Waals surface area contributed by atoms with Gasteiger partial charge in [-0.2, -0.15) is 5.10 Å². The van der Waals surface area contributed by atoms with Crippen molar-refractivity contribution in [1.29, 1.82) is 0 Å². The minimum absolute atomic E-state index is 0.0866. The van der Waals surface area contributed by atoms with E-state index < -0.39 is 4.87 Å². The van der Waals surface area contributed by atoms with Crippen LogP contribution in [0.25, 0.3) is 0 Å². The zero-order valence-electron chi connectivity index (χ0n) is 11.7. The predicted octanol–water partition coefficient (Wildman–Crippen LogP) is 3.56. The number of rotatable bonds is 1. The van der Waals surface area contributed by atoms with E-state index in [1.807, 2.05) is 49.4 Å². The summed E-state index contributed by atoms with van der Waals surface area (Å²) >= 11 is 4.91. The van der Waals surface area contributed by atoms with E-state index in [1.54, 1.807) is 0 Å². The molecule has 2 heterocycles. The van der Waals surface area contributed by atoms with Crippen LogP contribution in [-0.2, 0) is 9.67 Å². The lowest BCUT2D eigenvalue weighted by Gasteiger charge is -2.20. The molecule has 0 saturated carbocycles. The van der Waals surface area contributed by atoms with Gasteiger partial charge in [-0.3, -0.25) is 10.2 Å². The lowest BCUT2D eigenvalue weighted by Crippen LogP contribution is -2.39. The molecule has 2 aliphatic rings. The Morgan fingerprint density at radius 3 is 2.73 bits per heavy atom. The number of halogens is 1. The molecular formula is C16H12BrN3OS. The molecule has 4 rings (SSSR count). The van der Waals surface area contributed by atoms with E-state index in [-0.39, 0.29) is 5.91 Å². The standard InChI is InChI=1S/C16H12BrN3OS/c1-9-2-4-10(5-3-9)14-19-20-16(22-14)12-8-11(17)6-7-13(12)18-15(16)21/h2-8,20H,1H3,(H,18,21)/t16-/m1/s1. The highest BCUT2D eigenvalue weighted by atomic mass is 79.9. The molecule has 0 fully saturated rings. The first kappa shape index (κ1) is 13.8. The van der Waals surface area contributed by atoms with Crippen molar-refractivity contribution in [1.82, 2.24) is 5.43 Å². The highest BCUT2D eigenvalue weighted by Gasteiger charge is 2.52. The molecule has 2 aromatic rings. The maximum Gasteiger partial charge on any atom is 0.267 e. The van der Waals surface area contributed by atoms with Crippen molar-refractivity contribution in [3.8, 4) is 0 Å². The summed E-state index contributed by atoms with van der Waals surface area (Å²) in [6.07, 6.45) is 0. The van der Waals surface area contributed by atoms with Crippen LogP contribution in [0.15, 0.2) is 52.0 Å². The Hall–Kier alpha value is -1.79. The van der Waals surface area contributed by atoms with Crippen molar-refractivity contribution < 1.29 is 4.79 Å². The fraction of sp³-hybridized carbons (Fsp3) is 0.125. The molecule has 1 atom stereocenters. The Morgan fingerprint density at radius 2 is 1.95 bits per heavy atom. The van der Waals surface area contributed by atoms with Crippen LogP contribution in [0.4, 0.5) is 5.69 Å². The molecule has 2 N–H and O–H groups in total. The number of thioether (sulfide) groups is 1. The van der Waals surface area contributed by atoms with E-state index in [2.05, 4.69) is 31.8 Å². The summed E-state index contributed by atoms with van der Waals surface area (Å²) in [6.45, 7) is 2.05. The second-order valence-corrected chi connectivity index (χ2v) is 7.44. The fourth-order valence-corrected chi connectivity index (χ4v) is 4.11. The summed E-state index contributed by atoms with van der Waals surface area (Å²) in [5.41, 5.74) is 6.99. The van der Waals surface area contributed by atoms with E-state index in [0.29, 0.717) is 0 Å². The summed E-state index contributed by atoms with van der Waals surface area (Å²) < 4.78 is 0.938. The molecule has 0 radical (unpaired) electrons. The van der Waals surface area contributed by atoms with Gasteiger partial charge in [-0.15, -0.1) is 0 Å². The van der Waals surface area contributed by atoms with Crippen LogP contribution in [0.3, 0.4) is 0 Å². The molecule has 2 aliphatic heterocycles. The summed E-state index contributed by atoms with van der Waals surface area (Å²) in [4.78, 5) is 11.6. The average molecular weight is 374 g/mol. The Bertz CT molecular complexity index is 819. The largest absolute Gasteiger partial charge is 0.323 e. The van der Waals surface area contributed by atoms with Gasteiger partial charge in [-0.05, 0) is 25.1 Å². The number of anilines is 1. The fourth-order valence-electron chi connectivity index (χ4n) is 2.60. The number of fused-ring (bicyclic) bond motifs is 2. The number of benzene rings is 2. The third-order valence-electron chi connectivity index (χ3n) is 3.79. The summed E-state index contributed by atoms with van der Waals surface area (Å²) in [5.74, 6) is -0.0866. The van der Waals surface area contributed by atoms with Crippen molar-refractivity contribution in [2.24, 2.45) is 5.10 Å². The Balaban J connectivity index is 1.73. The van der Waals surface area contributed by atoms with Crippen LogP contribution in [0.5, 0.6) is 0 Å². The van der Waals surface area contributed by atoms with Gasteiger partial charge in [-0.1, -0.05) is 57.5 Å². The lowest BCUT2D eigenvalue weighted by atomic mass is 10.1. The minimum Gasteiger partial charge on any atom is -0.323 e. The van der Waals surface area contributed by atoms with E-state index in [9.17, 15) is 4.79 Å². The van der Waals surface area contributed by atoms with Gasteiger partial charge in [0.05, 0.1) is 0 Å². The molecule has 0 aromatic heterocycles. The number of hydrazone groups is 1. The van der Waals surface area contributed by atoms with Crippen LogP contribution < -0.4 is 10.7 Å². The van der Waals surface area contributed by atoms with E-state index >= 15 is 0 Å². The van der Waals surface area contributed by atoms with Gasteiger partial charge >= 0.3 is 0 Å². The highest BCUT2D eigenvalue weighted by molar-refractivity contribution is 9.10. The van der Waals surface area contributed by atoms with Gasteiger partial charge in [0.25, 0.3) is 5.91 Å². The maximum absolute atomic E-state index is 12.5. The molecular weight excluding hydrogens is 362 g/mol.